The second kappa shape index (κ2) is 9.77. The molecule has 1 heterocycles. The maximum atomic E-state index is 12.6. The molecule has 164 valence electrons. The van der Waals surface area contributed by atoms with E-state index in [1.807, 2.05) is 6.92 Å². The van der Waals surface area contributed by atoms with Crippen LogP contribution < -0.4 is 10.6 Å². The van der Waals surface area contributed by atoms with Crippen molar-refractivity contribution in [2.45, 2.75) is 37.0 Å². The monoisotopic (exact) mass is 435 g/mol. The molecule has 2 rings (SSSR count). The summed E-state index contributed by atoms with van der Waals surface area (Å²) in [5.41, 5.74) is 0.545. The van der Waals surface area contributed by atoms with Gasteiger partial charge >= 0.3 is 6.18 Å². The van der Waals surface area contributed by atoms with Crippen LogP contribution in [0.2, 0.25) is 0 Å². The van der Waals surface area contributed by atoms with E-state index in [0.29, 0.717) is 31.0 Å². The Morgan fingerprint density at radius 1 is 1.31 bits per heavy atom. The lowest BCUT2D eigenvalue weighted by Gasteiger charge is -2.20. The van der Waals surface area contributed by atoms with Gasteiger partial charge in [0, 0.05) is 39.8 Å². The van der Waals surface area contributed by atoms with Gasteiger partial charge in [0.25, 0.3) is 0 Å². The largest absolute Gasteiger partial charge is 0.401 e. The predicted octanol–water partition coefficient (Wildman–Crippen LogP) is 1.63. The number of rotatable bonds is 7. The highest BCUT2D eigenvalue weighted by Crippen LogP contribution is 2.21. The van der Waals surface area contributed by atoms with Gasteiger partial charge in [-0.05, 0) is 25.0 Å². The van der Waals surface area contributed by atoms with E-state index in [4.69, 9.17) is 0 Å². The average molecular weight is 436 g/mol. The second-order valence-corrected chi connectivity index (χ2v) is 9.19. The summed E-state index contributed by atoms with van der Waals surface area (Å²) in [4.78, 5) is 5.99. The minimum absolute atomic E-state index is 0.123. The molecule has 1 aromatic rings. The van der Waals surface area contributed by atoms with Gasteiger partial charge in [-0.2, -0.15) is 13.2 Å². The SMILES string of the molecule is CCNC(=NCc1ccccc1S(=O)(=O)N(C)C)NC1CCN(CC(F)(F)F)C1. The lowest BCUT2D eigenvalue weighted by Crippen LogP contribution is -2.45. The van der Waals surface area contributed by atoms with E-state index in [0.717, 1.165) is 4.31 Å². The summed E-state index contributed by atoms with van der Waals surface area (Å²) < 4.78 is 63.8. The van der Waals surface area contributed by atoms with Crippen LogP contribution in [-0.4, -0.2) is 76.1 Å². The molecule has 1 aromatic carbocycles. The van der Waals surface area contributed by atoms with E-state index in [1.165, 1.54) is 25.1 Å². The summed E-state index contributed by atoms with van der Waals surface area (Å²) in [7, 11) is -0.673. The van der Waals surface area contributed by atoms with Gasteiger partial charge in [-0.3, -0.25) is 4.90 Å². The van der Waals surface area contributed by atoms with Crippen LogP contribution in [0, 0.1) is 0 Å². The van der Waals surface area contributed by atoms with Crippen LogP contribution >= 0.6 is 0 Å². The number of aliphatic imine (C=N–C) groups is 1. The van der Waals surface area contributed by atoms with Crippen LogP contribution in [-0.2, 0) is 16.6 Å². The van der Waals surface area contributed by atoms with Crippen LogP contribution in [0.15, 0.2) is 34.2 Å². The summed E-state index contributed by atoms with van der Waals surface area (Å²) >= 11 is 0. The van der Waals surface area contributed by atoms with Gasteiger partial charge in [-0.15, -0.1) is 0 Å². The van der Waals surface area contributed by atoms with E-state index >= 15 is 0 Å². The first kappa shape index (κ1) is 23.4. The lowest BCUT2D eigenvalue weighted by atomic mass is 10.2. The normalized spacial score (nSPS) is 19.0. The molecule has 0 spiro atoms. The number of hydrogen-bond acceptors (Lipinski definition) is 4. The van der Waals surface area contributed by atoms with Crippen molar-refractivity contribution in [3.63, 3.8) is 0 Å². The second-order valence-electron chi connectivity index (χ2n) is 7.07. The number of halogens is 3. The standard InChI is InChI=1S/C18H28F3N5O2S/c1-4-22-17(24-15-9-10-26(12-15)13-18(19,20)21)23-11-14-7-5-6-8-16(14)29(27,28)25(2)3/h5-8,15H,4,9-13H2,1-3H3,(H2,22,23,24). The van der Waals surface area contributed by atoms with E-state index < -0.39 is 22.7 Å². The maximum absolute atomic E-state index is 12.6. The number of benzene rings is 1. The van der Waals surface area contributed by atoms with Gasteiger partial charge in [0.1, 0.15) is 0 Å². The zero-order valence-electron chi connectivity index (χ0n) is 16.8. The Morgan fingerprint density at radius 3 is 2.62 bits per heavy atom. The molecule has 11 heteroatoms. The first-order chi connectivity index (χ1) is 13.5. The fourth-order valence-electron chi connectivity index (χ4n) is 3.11. The Balaban J connectivity index is 2.09. The Kier molecular flexibility index (Phi) is 7.89. The molecule has 0 radical (unpaired) electrons. The van der Waals surface area contributed by atoms with E-state index in [9.17, 15) is 21.6 Å². The Morgan fingerprint density at radius 2 is 2.00 bits per heavy atom. The molecule has 1 fully saturated rings. The maximum Gasteiger partial charge on any atom is 0.401 e. The van der Waals surface area contributed by atoms with Crippen LogP contribution in [0.3, 0.4) is 0 Å². The number of alkyl halides is 3. The van der Waals surface area contributed by atoms with Crippen molar-refractivity contribution >= 4 is 16.0 Å². The summed E-state index contributed by atoms with van der Waals surface area (Å²) in [5, 5.41) is 6.22. The number of guanidine groups is 1. The molecule has 0 aliphatic carbocycles. The number of sulfonamides is 1. The van der Waals surface area contributed by atoms with E-state index in [1.54, 1.807) is 18.2 Å². The number of nitrogens with zero attached hydrogens (tertiary/aromatic N) is 3. The molecule has 0 bridgehead atoms. The topological polar surface area (TPSA) is 77.0 Å². The first-order valence-corrected chi connectivity index (χ1v) is 10.8. The summed E-state index contributed by atoms with van der Waals surface area (Å²) in [5.74, 6) is 0.448. The first-order valence-electron chi connectivity index (χ1n) is 9.37. The van der Waals surface area contributed by atoms with E-state index in [-0.39, 0.29) is 24.0 Å². The molecule has 0 amide bonds. The minimum atomic E-state index is -4.21. The molecule has 2 N–H and O–H groups in total. The number of hydrogen-bond donors (Lipinski definition) is 2. The lowest BCUT2D eigenvalue weighted by molar-refractivity contribution is -0.143. The molecule has 1 aliphatic heterocycles. The zero-order valence-corrected chi connectivity index (χ0v) is 17.6. The molecule has 1 unspecified atom stereocenters. The van der Waals surface area contributed by atoms with Crippen molar-refractivity contribution in [1.82, 2.24) is 19.8 Å². The predicted molar refractivity (Wildman–Crippen MR) is 106 cm³/mol. The molecule has 29 heavy (non-hydrogen) atoms. The average Bonchev–Trinajstić information content (AvgIpc) is 3.05. The van der Waals surface area contributed by atoms with Gasteiger partial charge in [-0.1, -0.05) is 18.2 Å². The fourth-order valence-corrected chi connectivity index (χ4v) is 4.22. The zero-order chi connectivity index (χ0) is 21.7. The van der Waals surface area contributed by atoms with Crippen molar-refractivity contribution < 1.29 is 21.6 Å². The van der Waals surface area contributed by atoms with Crippen molar-refractivity contribution in [3.8, 4) is 0 Å². The van der Waals surface area contributed by atoms with Crippen LogP contribution in [0.1, 0.15) is 18.9 Å². The fraction of sp³-hybridized carbons (Fsp3) is 0.611. The summed E-state index contributed by atoms with van der Waals surface area (Å²) in [6, 6.07) is 6.47. The third kappa shape index (κ3) is 6.86. The van der Waals surface area contributed by atoms with Gasteiger partial charge in [0.15, 0.2) is 5.96 Å². The Labute approximate surface area is 170 Å². The molecular formula is C18H28F3N5O2S. The van der Waals surface area contributed by atoms with Crippen molar-refractivity contribution in [2.75, 3.05) is 40.3 Å². The Hall–Kier alpha value is -1.85. The highest BCUT2D eigenvalue weighted by Gasteiger charge is 2.34. The summed E-state index contributed by atoms with van der Waals surface area (Å²) in [6.45, 7) is 2.29. The highest BCUT2D eigenvalue weighted by atomic mass is 32.2. The number of nitrogens with one attached hydrogen (secondary N) is 2. The van der Waals surface area contributed by atoms with Crippen molar-refractivity contribution in [3.05, 3.63) is 29.8 Å². The van der Waals surface area contributed by atoms with Crippen molar-refractivity contribution in [1.29, 1.82) is 0 Å². The molecule has 7 nitrogen and oxygen atoms in total. The quantitative estimate of drug-likeness (QED) is 0.503. The molecular weight excluding hydrogens is 407 g/mol. The minimum Gasteiger partial charge on any atom is -0.357 e. The van der Waals surface area contributed by atoms with Gasteiger partial charge in [-0.25, -0.2) is 17.7 Å². The van der Waals surface area contributed by atoms with Crippen LogP contribution in [0.25, 0.3) is 0 Å². The van der Waals surface area contributed by atoms with Crippen LogP contribution in [0.5, 0.6) is 0 Å². The molecule has 0 aromatic heterocycles. The molecule has 1 atom stereocenters. The molecule has 1 saturated heterocycles. The van der Waals surface area contributed by atoms with Crippen molar-refractivity contribution in [2.24, 2.45) is 4.99 Å². The number of likely N-dealkylation sites (tertiary alicyclic amines) is 1. The van der Waals surface area contributed by atoms with Gasteiger partial charge < -0.3 is 10.6 Å². The third-order valence-corrected chi connectivity index (χ3v) is 6.41. The van der Waals surface area contributed by atoms with E-state index in [2.05, 4.69) is 15.6 Å². The Bertz CT molecular complexity index is 812. The summed E-state index contributed by atoms with van der Waals surface area (Å²) in [6.07, 6.45) is -3.64. The molecule has 1 aliphatic rings. The molecule has 0 saturated carbocycles. The van der Waals surface area contributed by atoms with Gasteiger partial charge in [0.05, 0.1) is 18.0 Å². The van der Waals surface area contributed by atoms with Crippen LogP contribution in [0.4, 0.5) is 13.2 Å². The third-order valence-electron chi connectivity index (χ3n) is 4.50. The van der Waals surface area contributed by atoms with Gasteiger partial charge in [0.2, 0.25) is 10.0 Å². The smallest absolute Gasteiger partial charge is 0.357 e. The highest BCUT2D eigenvalue weighted by molar-refractivity contribution is 7.89.